The average molecular weight is 216 g/mol. The van der Waals surface area contributed by atoms with E-state index in [1.54, 1.807) is 0 Å². The number of allylic oxidation sites excluding steroid dienone is 1. The van der Waals surface area contributed by atoms with Gasteiger partial charge in [0.2, 0.25) is 0 Å². The second kappa shape index (κ2) is 8.29. The summed E-state index contributed by atoms with van der Waals surface area (Å²) in [4.78, 5) is 0. The fourth-order valence-electron chi connectivity index (χ4n) is 1.55. The molecule has 0 rings (SSSR count). The monoisotopic (exact) mass is 216 g/mol. The summed E-state index contributed by atoms with van der Waals surface area (Å²) in [6.45, 7) is 8.03. The molecule has 84 valence electrons. The Bertz CT molecular complexity index is 175. The Morgan fingerprint density at radius 1 is 1.07 bits per heavy atom. The molecule has 0 atom stereocenters. The van der Waals surface area contributed by atoms with E-state index in [9.17, 15) is 4.57 Å². The topological polar surface area (TPSA) is 17.1 Å². The van der Waals surface area contributed by atoms with Crippen LogP contribution in [0.15, 0.2) is 12.7 Å². The third kappa shape index (κ3) is 6.43. The van der Waals surface area contributed by atoms with Gasteiger partial charge in [-0.25, -0.2) is 0 Å². The van der Waals surface area contributed by atoms with Crippen LogP contribution in [0.3, 0.4) is 0 Å². The molecule has 0 aliphatic carbocycles. The fraction of sp³-hybridized carbons (Fsp3) is 0.833. The second-order valence-electron chi connectivity index (χ2n) is 4.01. The summed E-state index contributed by atoms with van der Waals surface area (Å²) in [7, 11) is -1.84. The number of unbranched alkanes of at least 4 members (excludes halogenated alkanes) is 2. The molecule has 0 saturated heterocycles. The van der Waals surface area contributed by atoms with Gasteiger partial charge in [-0.1, -0.05) is 32.8 Å². The summed E-state index contributed by atoms with van der Waals surface area (Å²) < 4.78 is 12.4. The van der Waals surface area contributed by atoms with E-state index < -0.39 is 7.14 Å². The smallest absolute Gasteiger partial charge is 0.0880 e. The Kier molecular flexibility index (Phi) is 8.27. The quantitative estimate of drug-likeness (QED) is 0.409. The van der Waals surface area contributed by atoms with Crippen molar-refractivity contribution >= 4 is 7.14 Å². The molecule has 0 fully saturated rings. The SMILES string of the molecule is C=CCCP(=O)(CCCC)CCCC. The lowest BCUT2D eigenvalue weighted by molar-refractivity contribution is 0.569. The van der Waals surface area contributed by atoms with Crippen molar-refractivity contribution in [1.29, 1.82) is 0 Å². The Morgan fingerprint density at radius 2 is 1.57 bits per heavy atom. The van der Waals surface area contributed by atoms with E-state index in [4.69, 9.17) is 0 Å². The van der Waals surface area contributed by atoms with Gasteiger partial charge >= 0.3 is 0 Å². The molecule has 0 aromatic carbocycles. The van der Waals surface area contributed by atoms with Gasteiger partial charge in [-0.15, -0.1) is 6.58 Å². The molecule has 0 bridgehead atoms. The Hall–Kier alpha value is -0.0300. The van der Waals surface area contributed by atoms with Crippen LogP contribution in [-0.4, -0.2) is 18.5 Å². The number of hydrogen-bond acceptors (Lipinski definition) is 1. The van der Waals surface area contributed by atoms with Gasteiger partial charge in [0, 0.05) is 18.5 Å². The van der Waals surface area contributed by atoms with Crippen LogP contribution in [0.2, 0.25) is 0 Å². The molecule has 0 aromatic rings. The zero-order valence-electron chi connectivity index (χ0n) is 9.80. The molecular formula is C12H25OP. The van der Waals surface area contributed by atoms with E-state index in [1.807, 2.05) is 6.08 Å². The number of rotatable bonds is 9. The standard InChI is InChI=1S/C12H25OP/c1-4-7-10-14(13,11-8-5-2)12-9-6-3/h4H,1,5-12H2,2-3H3. The van der Waals surface area contributed by atoms with Gasteiger partial charge in [-0.3, -0.25) is 0 Å². The molecule has 0 spiro atoms. The highest BCUT2D eigenvalue weighted by Gasteiger charge is 2.19. The van der Waals surface area contributed by atoms with E-state index in [0.717, 1.165) is 50.6 Å². The molecule has 2 heteroatoms. The highest BCUT2D eigenvalue weighted by atomic mass is 31.2. The van der Waals surface area contributed by atoms with Crippen LogP contribution in [-0.2, 0) is 4.57 Å². The minimum absolute atomic E-state index is 0.885. The summed E-state index contributed by atoms with van der Waals surface area (Å²) in [6.07, 6.45) is 10.2. The molecule has 0 aromatic heterocycles. The molecule has 14 heavy (non-hydrogen) atoms. The predicted octanol–water partition coefficient (Wildman–Crippen LogP) is 4.53. The second-order valence-corrected chi connectivity index (χ2v) is 7.47. The first-order chi connectivity index (χ1) is 6.68. The average Bonchev–Trinajstić information content (AvgIpc) is 2.21. The van der Waals surface area contributed by atoms with Crippen LogP contribution in [0.1, 0.15) is 46.0 Å². The minimum Gasteiger partial charge on any atom is -0.324 e. The maximum atomic E-state index is 12.4. The summed E-state index contributed by atoms with van der Waals surface area (Å²) in [6, 6.07) is 0. The van der Waals surface area contributed by atoms with E-state index >= 15 is 0 Å². The van der Waals surface area contributed by atoms with Crippen molar-refractivity contribution in [1.82, 2.24) is 0 Å². The highest BCUT2D eigenvalue weighted by molar-refractivity contribution is 7.63. The van der Waals surface area contributed by atoms with Crippen molar-refractivity contribution in [3.05, 3.63) is 12.7 Å². The van der Waals surface area contributed by atoms with E-state index in [-0.39, 0.29) is 0 Å². The maximum Gasteiger partial charge on any atom is 0.0880 e. The highest BCUT2D eigenvalue weighted by Crippen LogP contribution is 2.47. The van der Waals surface area contributed by atoms with Crippen molar-refractivity contribution in [2.24, 2.45) is 0 Å². The van der Waals surface area contributed by atoms with Crippen molar-refractivity contribution < 1.29 is 4.57 Å². The van der Waals surface area contributed by atoms with Crippen LogP contribution >= 0.6 is 7.14 Å². The first-order valence-electron chi connectivity index (χ1n) is 5.86. The van der Waals surface area contributed by atoms with Crippen LogP contribution in [0.25, 0.3) is 0 Å². The van der Waals surface area contributed by atoms with E-state index in [2.05, 4.69) is 20.4 Å². The molecule has 0 aliphatic rings. The van der Waals surface area contributed by atoms with Crippen LogP contribution in [0.5, 0.6) is 0 Å². The van der Waals surface area contributed by atoms with Gasteiger partial charge in [-0.2, -0.15) is 0 Å². The summed E-state index contributed by atoms with van der Waals surface area (Å²) in [5.74, 6) is 0. The lowest BCUT2D eigenvalue weighted by atomic mass is 10.4. The van der Waals surface area contributed by atoms with E-state index in [1.165, 1.54) is 0 Å². The van der Waals surface area contributed by atoms with Gasteiger partial charge < -0.3 is 4.57 Å². The Balaban J connectivity index is 4.03. The fourth-order valence-corrected chi connectivity index (χ4v) is 4.66. The Morgan fingerprint density at radius 3 is 1.93 bits per heavy atom. The predicted molar refractivity (Wildman–Crippen MR) is 66.8 cm³/mol. The van der Waals surface area contributed by atoms with Crippen molar-refractivity contribution in [2.45, 2.75) is 46.0 Å². The molecule has 0 radical (unpaired) electrons. The van der Waals surface area contributed by atoms with Crippen molar-refractivity contribution in [2.75, 3.05) is 18.5 Å². The molecule has 0 saturated carbocycles. The van der Waals surface area contributed by atoms with Crippen LogP contribution < -0.4 is 0 Å². The van der Waals surface area contributed by atoms with Gasteiger partial charge in [0.1, 0.15) is 0 Å². The van der Waals surface area contributed by atoms with Crippen LogP contribution in [0, 0.1) is 0 Å². The lowest BCUT2D eigenvalue weighted by Crippen LogP contribution is -2.00. The maximum absolute atomic E-state index is 12.4. The number of hydrogen-bond donors (Lipinski definition) is 0. The third-order valence-corrected chi connectivity index (χ3v) is 5.91. The lowest BCUT2D eigenvalue weighted by Gasteiger charge is -2.16. The van der Waals surface area contributed by atoms with Gasteiger partial charge in [0.25, 0.3) is 0 Å². The largest absolute Gasteiger partial charge is 0.324 e. The summed E-state index contributed by atoms with van der Waals surface area (Å²) in [5, 5.41) is 0. The molecule has 0 unspecified atom stereocenters. The first kappa shape index (κ1) is 14.0. The Labute approximate surface area is 89.4 Å². The van der Waals surface area contributed by atoms with Gasteiger partial charge in [-0.05, 0) is 19.3 Å². The zero-order chi connectivity index (χ0) is 10.9. The first-order valence-corrected chi connectivity index (χ1v) is 8.12. The zero-order valence-corrected chi connectivity index (χ0v) is 10.7. The minimum atomic E-state index is -1.84. The van der Waals surface area contributed by atoms with Crippen LogP contribution in [0.4, 0.5) is 0 Å². The molecule has 0 heterocycles. The van der Waals surface area contributed by atoms with Crippen molar-refractivity contribution in [3.63, 3.8) is 0 Å². The normalized spacial score (nSPS) is 11.6. The van der Waals surface area contributed by atoms with Crippen molar-refractivity contribution in [3.8, 4) is 0 Å². The molecule has 0 N–H and O–H groups in total. The summed E-state index contributed by atoms with van der Waals surface area (Å²) >= 11 is 0. The molecule has 0 amide bonds. The third-order valence-electron chi connectivity index (χ3n) is 2.58. The molecular weight excluding hydrogens is 191 g/mol. The van der Waals surface area contributed by atoms with E-state index in [0.29, 0.717) is 0 Å². The summed E-state index contributed by atoms with van der Waals surface area (Å²) in [5.41, 5.74) is 0. The molecule has 0 aliphatic heterocycles. The van der Waals surface area contributed by atoms with Gasteiger partial charge in [0.15, 0.2) is 0 Å². The van der Waals surface area contributed by atoms with Gasteiger partial charge in [0.05, 0.1) is 7.14 Å². The molecule has 1 nitrogen and oxygen atoms in total.